The van der Waals surface area contributed by atoms with Gasteiger partial charge in [-0.25, -0.2) is 0 Å². The van der Waals surface area contributed by atoms with E-state index in [4.69, 9.17) is 10.5 Å². The van der Waals surface area contributed by atoms with Crippen LogP contribution in [0, 0.1) is 5.41 Å². The third-order valence-corrected chi connectivity index (χ3v) is 2.84. The lowest BCUT2D eigenvalue weighted by Gasteiger charge is -2.14. The minimum atomic E-state index is -0.237. The standard InChI is InChI=1S/C10H20N2O2/c1-14-7-5-10(3-4-10)8-12-6-2-9(11)13/h12H,2-8H2,1H3,(H2,11,13). The lowest BCUT2D eigenvalue weighted by molar-refractivity contribution is -0.117. The van der Waals surface area contributed by atoms with Crippen LogP contribution in [0.2, 0.25) is 0 Å². The van der Waals surface area contributed by atoms with Crippen LogP contribution in [-0.4, -0.2) is 32.7 Å². The fraction of sp³-hybridized carbons (Fsp3) is 0.900. The van der Waals surface area contributed by atoms with E-state index in [9.17, 15) is 4.79 Å². The molecular weight excluding hydrogens is 180 g/mol. The van der Waals surface area contributed by atoms with Gasteiger partial charge in [0.1, 0.15) is 0 Å². The summed E-state index contributed by atoms with van der Waals surface area (Å²) in [6.45, 7) is 2.52. The maximum absolute atomic E-state index is 10.5. The third kappa shape index (κ3) is 4.07. The zero-order valence-electron chi connectivity index (χ0n) is 8.84. The Morgan fingerprint density at radius 1 is 1.57 bits per heavy atom. The zero-order valence-corrected chi connectivity index (χ0v) is 8.84. The monoisotopic (exact) mass is 200 g/mol. The molecule has 1 amide bonds. The van der Waals surface area contributed by atoms with Crippen molar-refractivity contribution >= 4 is 5.91 Å². The molecule has 1 saturated carbocycles. The summed E-state index contributed by atoms with van der Waals surface area (Å²) < 4.78 is 5.06. The summed E-state index contributed by atoms with van der Waals surface area (Å²) in [7, 11) is 1.73. The Hall–Kier alpha value is -0.610. The van der Waals surface area contributed by atoms with Crippen LogP contribution in [0.4, 0.5) is 0 Å². The number of methoxy groups -OCH3 is 1. The fourth-order valence-corrected chi connectivity index (χ4v) is 1.58. The number of carbonyl (C=O) groups excluding carboxylic acids is 1. The first-order chi connectivity index (χ1) is 6.68. The molecule has 1 aliphatic carbocycles. The molecule has 0 spiro atoms. The molecule has 0 aromatic heterocycles. The molecule has 0 radical (unpaired) electrons. The smallest absolute Gasteiger partial charge is 0.218 e. The summed E-state index contributed by atoms with van der Waals surface area (Å²) in [5.41, 5.74) is 5.49. The molecule has 0 aromatic carbocycles. The quantitative estimate of drug-likeness (QED) is 0.553. The van der Waals surface area contributed by atoms with Crippen molar-refractivity contribution in [2.75, 3.05) is 26.8 Å². The molecule has 0 unspecified atom stereocenters. The fourth-order valence-electron chi connectivity index (χ4n) is 1.58. The normalized spacial score (nSPS) is 18.1. The number of ether oxygens (including phenoxy) is 1. The Kier molecular flexibility index (Phi) is 4.35. The van der Waals surface area contributed by atoms with Crippen molar-refractivity contribution in [3.63, 3.8) is 0 Å². The average Bonchev–Trinajstić information content (AvgIpc) is 2.90. The molecule has 1 aliphatic rings. The van der Waals surface area contributed by atoms with E-state index in [0.29, 0.717) is 18.4 Å². The molecule has 0 bridgehead atoms. The second kappa shape index (κ2) is 5.32. The summed E-state index contributed by atoms with van der Waals surface area (Å²) in [6.07, 6.45) is 4.10. The lowest BCUT2D eigenvalue weighted by Crippen LogP contribution is -2.28. The first-order valence-corrected chi connectivity index (χ1v) is 5.16. The van der Waals surface area contributed by atoms with E-state index in [0.717, 1.165) is 19.6 Å². The summed E-state index contributed by atoms with van der Waals surface area (Å²) in [5.74, 6) is -0.237. The number of primary amides is 1. The predicted molar refractivity (Wildman–Crippen MR) is 54.8 cm³/mol. The highest BCUT2D eigenvalue weighted by atomic mass is 16.5. The summed E-state index contributed by atoms with van der Waals surface area (Å²) in [4.78, 5) is 10.5. The van der Waals surface area contributed by atoms with Crippen molar-refractivity contribution < 1.29 is 9.53 Å². The Balaban J connectivity index is 2.02. The first-order valence-electron chi connectivity index (χ1n) is 5.16. The molecule has 3 N–H and O–H groups in total. The molecule has 1 fully saturated rings. The largest absolute Gasteiger partial charge is 0.385 e. The van der Waals surface area contributed by atoms with E-state index >= 15 is 0 Å². The van der Waals surface area contributed by atoms with Crippen LogP contribution in [0.15, 0.2) is 0 Å². The predicted octanol–water partition coefficient (Wildman–Crippen LogP) is 0.268. The van der Waals surface area contributed by atoms with Crippen LogP contribution in [0.3, 0.4) is 0 Å². The number of amides is 1. The Morgan fingerprint density at radius 2 is 2.29 bits per heavy atom. The summed E-state index contributed by atoms with van der Waals surface area (Å²) in [5, 5.41) is 3.27. The molecule has 14 heavy (non-hydrogen) atoms. The van der Waals surface area contributed by atoms with Crippen LogP contribution in [-0.2, 0) is 9.53 Å². The second-order valence-corrected chi connectivity index (χ2v) is 4.14. The highest BCUT2D eigenvalue weighted by Crippen LogP contribution is 2.48. The van der Waals surface area contributed by atoms with Gasteiger partial charge in [-0.1, -0.05) is 0 Å². The van der Waals surface area contributed by atoms with Crippen molar-refractivity contribution in [1.82, 2.24) is 5.32 Å². The molecule has 0 aliphatic heterocycles. The van der Waals surface area contributed by atoms with Gasteiger partial charge in [0.25, 0.3) is 0 Å². The number of nitrogens with one attached hydrogen (secondary N) is 1. The van der Waals surface area contributed by atoms with Crippen LogP contribution < -0.4 is 11.1 Å². The van der Waals surface area contributed by atoms with E-state index in [-0.39, 0.29) is 5.91 Å². The van der Waals surface area contributed by atoms with Gasteiger partial charge in [0.15, 0.2) is 0 Å². The number of hydrogen-bond acceptors (Lipinski definition) is 3. The van der Waals surface area contributed by atoms with Gasteiger partial charge in [-0.2, -0.15) is 0 Å². The molecule has 0 aromatic rings. The van der Waals surface area contributed by atoms with Crippen LogP contribution in [0.1, 0.15) is 25.7 Å². The maximum Gasteiger partial charge on any atom is 0.218 e. The van der Waals surface area contributed by atoms with Crippen molar-refractivity contribution in [1.29, 1.82) is 0 Å². The molecule has 0 atom stereocenters. The Bertz CT molecular complexity index is 191. The third-order valence-electron chi connectivity index (χ3n) is 2.84. The van der Waals surface area contributed by atoms with Gasteiger partial charge in [0, 0.05) is 33.2 Å². The minimum absolute atomic E-state index is 0.237. The van der Waals surface area contributed by atoms with Crippen LogP contribution in [0.5, 0.6) is 0 Å². The summed E-state index contributed by atoms with van der Waals surface area (Å²) in [6, 6.07) is 0. The highest BCUT2D eigenvalue weighted by Gasteiger charge is 2.41. The molecular formula is C10H20N2O2. The van der Waals surface area contributed by atoms with Crippen LogP contribution >= 0.6 is 0 Å². The minimum Gasteiger partial charge on any atom is -0.385 e. The zero-order chi connectivity index (χ0) is 10.4. The SMILES string of the molecule is COCCC1(CNCCC(N)=O)CC1. The van der Waals surface area contributed by atoms with Crippen molar-refractivity contribution in [3.8, 4) is 0 Å². The van der Waals surface area contributed by atoms with Gasteiger partial charge in [-0.05, 0) is 24.7 Å². The summed E-state index contributed by atoms with van der Waals surface area (Å²) >= 11 is 0. The van der Waals surface area contributed by atoms with E-state index in [1.165, 1.54) is 12.8 Å². The number of hydrogen-bond donors (Lipinski definition) is 2. The van der Waals surface area contributed by atoms with E-state index in [1.54, 1.807) is 7.11 Å². The van der Waals surface area contributed by atoms with Gasteiger partial charge < -0.3 is 15.8 Å². The van der Waals surface area contributed by atoms with E-state index in [2.05, 4.69) is 5.32 Å². The van der Waals surface area contributed by atoms with Gasteiger partial charge in [-0.15, -0.1) is 0 Å². The van der Waals surface area contributed by atoms with Crippen molar-refractivity contribution in [2.24, 2.45) is 11.1 Å². The van der Waals surface area contributed by atoms with Gasteiger partial charge in [0.05, 0.1) is 0 Å². The molecule has 4 nitrogen and oxygen atoms in total. The van der Waals surface area contributed by atoms with Crippen LogP contribution in [0.25, 0.3) is 0 Å². The molecule has 0 heterocycles. The molecule has 0 saturated heterocycles. The average molecular weight is 200 g/mol. The molecule has 82 valence electrons. The van der Waals surface area contributed by atoms with E-state index < -0.39 is 0 Å². The lowest BCUT2D eigenvalue weighted by atomic mass is 10.0. The molecule has 1 rings (SSSR count). The second-order valence-electron chi connectivity index (χ2n) is 4.14. The molecule has 4 heteroatoms. The number of nitrogens with two attached hydrogens (primary N) is 1. The van der Waals surface area contributed by atoms with Crippen molar-refractivity contribution in [2.45, 2.75) is 25.7 Å². The topological polar surface area (TPSA) is 64.3 Å². The van der Waals surface area contributed by atoms with Crippen molar-refractivity contribution in [3.05, 3.63) is 0 Å². The van der Waals surface area contributed by atoms with Gasteiger partial charge >= 0.3 is 0 Å². The first kappa shape index (κ1) is 11.5. The highest BCUT2D eigenvalue weighted by molar-refractivity contribution is 5.73. The number of carbonyl (C=O) groups is 1. The van der Waals surface area contributed by atoms with Gasteiger partial charge in [0.2, 0.25) is 5.91 Å². The van der Waals surface area contributed by atoms with E-state index in [1.807, 2.05) is 0 Å². The number of rotatable bonds is 8. The van der Waals surface area contributed by atoms with Gasteiger partial charge in [-0.3, -0.25) is 4.79 Å². The Labute approximate surface area is 85.2 Å². The maximum atomic E-state index is 10.5. The Morgan fingerprint density at radius 3 is 2.79 bits per heavy atom.